The van der Waals surface area contributed by atoms with Crippen LogP contribution >= 0.6 is 11.6 Å². The number of aryl methyl sites for hydroxylation is 1. The maximum Gasteiger partial charge on any atom is 0.151 e. The van der Waals surface area contributed by atoms with Crippen LogP contribution in [0.4, 0.5) is 0 Å². The maximum atomic E-state index is 5.77. The summed E-state index contributed by atoms with van der Waals surface area (Å²) >= 11 is 5.77. The van der Waals surface area contributed by atoms with Gasteiger partial charge < -0.3 is 4.57 Å². The summed E-state index contributed by atoms with van der Waals surface area (Å²) in [7, 11) is 0. The zero-order valence-corrected chi connectivity index (χ0v) is 12.0. The van der Waals surface area contributed by atoms with Crippen molar-refractivity contribution < 1.29 is 0 Å². The van der Waals surface area contributed by atoms with Crippen molar-refractivity contribution in [1.82, 2.24) is 19.7 Å². The second kappa shape index (κ2) is 5.59. The molecular formula is C15H15ClN4. The molecule has 20 heavy (non-hydrogen) atoms. The van der Waals surface area contributed by atoms with Crippen LogP contribution in [-0.4, -0.2) is 19.7 Å². The van der Waals surface area contributed by atoms with Crippen molar-refractivity contribution in [2.75, 3.05) is 0 Å². The lowest BCUT2D eigenvalue weighted by molar-refractivity contribution is 0.660. The van der Waals surface area contributed by atoms with Gasteiger partial charge in [-0.1, -0.05) is 30.7 Å². The van der Waals surface area contributed by atoms with Gasteiger partial charge in [0, 0.05) is 6.54 Å². The molecule has 0 spiro atoms. The van der Waals surface area contributed by atoms with Crippen LogP contribution in [0.1, 0.15) is 24.9 Å². The summed E-state index contributed by atoms with van der Waals surface area (Å²) in [5, 5.41) is 8.41. The molecule has 0 aliphatic rings. The van der Waals surface area contributed by atoms with E-state index in [1.165, 1.54) is 5.52 Å². The minimum absolute atomic E-state index is 0.413. The van der Waals surface area contributed by atoms with Crippen molar-refractivity contribution >= 4 is 22.6 Å². The zero-order chi connectivity index (χ0) is 13.9. The quantitative estimate of drug-likeness (QED) is 0.737. The molecule has 0 amide bonds. The van der Waals surface area contributed by atoms with Crippen molar-refractivity contribution in [2.45, 2.75) is 26.3 Å². The van der Waals surface area contributed by atoms with E-state index in [1.807, 2.05) is 24.3 Å². The smallest absolute Gasteiger partial charge is 0.151 e. The zero-order valence-electron chi connectivity index (χ0n) is 11.3. The standard InChI is InChI=1S/C15H15ClN4/c1-2-9-20-13-6-4-3-5-12(13)17-15(20)10-11-7-8-14(16)19-18-11/h3-8H,2,9-10H2,1H3. The number of halogens is 1. The number of hydrogen-bond donors (Lipinski definition) is 0. The van der Waals surface area contributed by atoms with E-state index in [0.717, 1.165) is 30.0 Å². The summed E-state index contributed by atoms with van der Waals surface area (Å²) in [5.41, 5.74) is 3.08. The van der Waals surface area contributed by atoms with Crippen LogP contribution in [0.3, 0.4) is 0 Å². The summed E-state index contributed by atoms with van der Waals surface area (Å²) < 4.78 is 2.26. The molecule has 0 fully saturated rings. The molecule has 0 bridgehead atoms. The third-order valence-corrected chi connectivity index (χ3v) is 3.41. The van der Waals surface area contributed by atoms with E-state index < -0.39 is 0 Å². The first kappa shape index (κ1) is 13.1. The van der Waals surface area contributed by atoms with E-state index in [-0.39, 0.29) is 0 Å². The molecule has 102 valence electrons. The van der Waals surface area contributed by atoms with Gasteiger partial charge in [-0.05, 0) is 30.7 Å². The fourth-order valence-corrected chi connectivity index (χ4v) is 2.43. The molecule has 0 aliphatic heterocycles. The number of hydrogen-bond acceptors (Lipinski definition) is 3. The van der Waals surface area contributed by atoms with Crippen molar-refractivity contribution in [3.8, 4) is 0 Å². The molecule has 2 heterocycles. The third kappa shape index (κ3) is 2.51. The van der Waals surface area contributed by atoms with Crippen molar-refractivity contribution in [3.63, 3.8) is 0 Å². The molecule has 5 heteroatoms. The maximum absolute atomic E-state index is 5.77. The van der Waals surface area contributed by atoms with E-state index >= 15 is 0 Å². The van der Waals surface area contributed by atoms with Crippen LogP contribution in [0, 0.1) is 0 Å². The molecule has 4 nitrogen and oxygen atoms in total. The monoisotopic (exact) mass is 286 g/mol. The minimum atomic E-state index is 0.413. The van der Waals surface area contributed by atoms with Crippen molar-refractivity contribution in [2.24, 2.45) is 0 Å². The average molecular weight is 287 g/mol. The van der Waals surface area contributed by atoms with Gasteiger partial charge in [0.25, 0.3) is 0 Å². The summed E-state index contributed by atoms with van der Waals surface area (Å²) in [4.78, 5) is 4.71. The van der Waals surface area contributed by atoms with E-state index in [0.29, 0.717) is 11.6 Å². The van der Waals surface area contributed by atoms with Gasteiger partial charge in [-0.15, -0.1) is 5.10 Å². The summed E-state index contributed by atoms with van der Waals surface area (Å²) in [6.45, 7) is 3.12. The number of fused-ring (bicyclic) bond motifs is 1. The highest BCUT2D eigenvalue weighted by Crippen LogP contribution is 2.18. The Morgan fingerprint density at radius 1 is 1.10 bits per heavy atom. The van der Waals surface area contributed by atoms with Crippen LogP contribution in [-0.2, 0) is 13.0 Å². The fourth-order valence-electron chi connectivity index (χ4n) is 2.33. The number of rotatable bonds is 4. The Hall–Kier alpha value is -1.94. The van der Waals surface area contributed by atoms with E-state index in [9.17, 15) is 0 Å². The van der Waals surface area contributed by atoms with Crippen LogP contribution in [0.5, 0.6) is 0 Å². The molecule has 0 unspecified atom stereocenters. The number of imidazole rings is 1. The summed E-state index contributed by atoms with van der Waals surface area (Å²) in [6.07, 6.45) is 1.73. The Morgan fingerprint density at radius 2 is 1.95 bits per heavy atom. The number of para-hydroxylation sites is 2. The van der Waals surface area contributed by atoms with Crippen LogP contribution in [0.25, 0.3) is 11.0 Å². The lowest BCUT2D eigenvalue weighted by atomic mass is 10.2. The highest BCUT2D eigenvalue weighted by atomic mass is 35.5. The first-order valence-electron chi connectivity index (χ1n) is 6.70. The van der Waals surface area contributed by atoms with Gasteiger partial charge in [0.15, 0.2) is 5.15 Å². The SMILES string of the molecule is CCCn1c(Cc2ccc(Cl)nn2)nc2ccccc21. The highest BCUT2D eigenvalue weighted by Gasteiger charge is 2.11. The van der Waals surface area contributed by atoms with E-state index in [1.54, 1.807) is 6.07 Å². The molecule has 3 rings (SSSR count). The second-order valence-electron chi connectivity index (χ2n) is 4.69. The minimum Gasteiger partial charge on any atom is -0.328 e. The van der Waals surface area contributed by atoms with Gasteiger partial charge in [0.05, 0.1) is 23.1 Å². The Morgan fingerprint density at radius 3 is 2.70 bits per heavy atom. The number of aromatic nitrogens is 4. The first-order chi connectivity index (χ1) is 9.78. The Kier molecular flexibility index (Phi) is 3.65. The van der Waals surface area contributed by atoms with Gasteiger partial charge in [-0.2, -0.15) is 5.10 Å². The molecule has 0 radical (unpaired) electrons. The molecule has 0 N–H and O–H groups in total. The largest absolute Gasteiger partial charge is 0.328 e. The molecule has 0 atom stereocenters. The molecular weight excluding hydrogens is 272 g/mol. The van der Waals surface area contributed by atoms with Crippen LogP contribution in [0.2, 0.25) is 5.15 Å². The fraction of sp³-hybridized carbons (Fsp3) is 0.267. The van der Waals surface area contributed by atoms with Crippen LogP contribution < -0.4 is 0 Å². The first-order valence-corrected chi connectivity index (χ1v) is 7.08. The molecule has 2 aromatic heterocycles. The summed E-state index contributed by atoms with van der Waals surface area (Å²) in [5.74, 6) is 1.02. The van der Waals surface area contributed by atoms with Gasteiger partial charge in [-0.25, -0.2) is 4.98 Å². The predicted octanol–water partition coefficient (Wildman–Crippen LogP) is 3.48. The lowest BCUT2D eigenvalue weighted by Gasteiger charge is -2.07. The number of benzene rings is 1. The van der Waals surface area contributed by atoms with Gasteiger partial charge in [0.1, 0.15) is 5.82 Å². The van der Waals surface area contributed by atoms with Crippen molar-refractivity contribution in [1.29, 1.82) is 0 Å². The van der Waals surface area contributed by atoms with E-state index in [2.05, 4.69) is 27.8 Å². The topological polar surface area (TPSA) is 43.6 Å². The normalized spacial score (nSPS) is 11.1. The summed E-state index contributed by atoms with van der Waals surface area (Å²) in [6, 6.07) is 11.9. The Labute approximate surface area is 122 Å². The molecule has 0 saturated carbocycles. The lowest BCUT2D eigenvalue weighted by Crippen LogP contribution is -2.05. The Balaban J connectivity index is 2.01. The van der Waals surface area contributed by atoms with Crippen molar-refractivity contribution in [3.05, 3.63) is 53.1 Å². The average Bonchev–Trinajstić information content (AvgIpc) is 2.80. The van der Waals surface area contributed by atoms with Gasteiger partial charge >= 0.3 is 0 Å². The van der Waals surface area contributed by atoms with Gasteiger partial charge in [-0.3, -0.25) is 0 Å². The third-order valence-electron chi connectivity index (χ3n) is 3.21. The van der Waals surface area contributed by atoms with Crippen LogP contribution in [0.15, 0.2) is 36.4 Å². The highest BCUT2D eigenvalue weighted by molar-refractivity contribution is 6.29. The predicted molar refractivity (Wildman–Crippen MR) is 79.9 cm³/mol. The number of nitrogens with zero attached hydrogens (tertiary/aromatic N) is 4. The molecule has 0 saturated heterocycles. The van der Waals surface area contributed by atoms with E-state index in [4.69, 9.17) is 16.6 Å². The Bertz CT molecular complexity index is 718. The molecule has 1 aromatic carbocycles. The van der Waals surface area contributed by atoms with Gasteiger partial charge in [0.2, 0.25) is 0 Å². The molecule has 3 aromatic rings. The second-order valence-corrected chi connectivity index (χ2v) is 5.08. The molecule has 0 aliphatic carbocycles.